The van der Waals surface area contributed by atoms with Crippen molar-refractivity contribution in [2.75, 3.05) is 16.8 Å². The first-order valence-corrected chi connectivity index (χ1v) is 9.51. The monoisotopic (exact) mass is 384 g/mol. The molecule has 0 aromatic heterocycles. The van der Waals surface area contributed by atoms with Crippen molar-refractivity contribution in [1.29, 1.82) is 0 Å². The van der Waals surface area contributed by atoms with Crippen LogP contribution < -0.4 is 10.2 Å². The molecule has 0 aliphatic carbocycles. The maximum absolute atomic E-state index is 12.7. The fourth-order valence-electron chi connectivity index (χ4n) is 3.24. The van der Waals surface area contributed by atoms with E-state index in [2.05, 4.69) is 26.1 Å². The normalized spacial score (nSPS) is 17.3. The van der Waals surface area contributed by atoms with Crippen molar-refractivity contribution in [2.45, 2.75) is 39.5 Å². The summed E-state index contributed by atoms with van der Waals surface area (Å²) in [5.41, 5.74) is 3.73. The lowest BCUT2D eigenvalue weighted by atomic mass is 9.87. The highest BCUT2D eigenvalue weighted by atomic mass is 35.5. The summed E-state index contributed by atoms with van der Waals surface area (Å²) in [6.45, 7) is 8.76. The number of aryl methyl sites for hydroxylation is 1. The highest BCUT2D eigenvalue weighted by Crippen LogP contribution is 2.29. The molecular formula is C22H25ClN2O2. The topological polar surface area (TPSA) is 49.4 Å². The predicted octanol–water partition coefficient (Wildman–Crippen LogP) is 4.94. The van der Waals surface area contributed by atoms with Gasteiger partial charge in [0, 0.05) is 29.4 Å². The van der Waals surface area contributed by atoms with Crippen molar-refractivity contribution in [1.82, 2.24) is 0 Å². The number of nitrogens with zero attached hydrogens (tertiary/aromatic N) is 1. The molecule has 1 N–H and O–H groups in total. The molecule has 0 radical (unpaired) electrons. The number of nitrogens with one attached hydrogen (secondary N) is 1. The van der Waals surface area contributed by atoms with Gasteiger partial charge in [-0.3, -0.25) is 9.59 Å². The zero-order valence-corrected chi connectivity index (χ0v) is 16.9. The van der Waals surface area contributed by atoms with Crippen LogP contribution in [-0.4, -0.2) is 18.4 Å². The van der Waals surface area contributed by atoms with Crippen molar-refractivity contribution in [2.24, 2.45) is 5.92 Å². The van der Waals surface area contributed by atoms with E-state index in [4.69, 9.17) is 11.6 Å². The van der Waals surface area contributed by atoms with Crippen LogP contribution in [0.3, 0.4) is 0 Å². The second-order valence-corrected chi connectivity index (χ2v) is 8.59. The summed E-state index contributed by atoms with van der Waals surface area (Å²) in [5, 5.41) is 3.48. The lowest BCUT2D eigenvalue weighted by Gasteiger charge is -2.21. The van der Waals surface area contributed by atoms with Crippen LogP contribution in [0.2, 0.25) is 5.02 Å². The first-order chi connectivity index (χ1) is 12.6. The van der Waals surface area contributed by atoms with E-state index in [9.17, 15) is 9.59 Å². The van der Waals surface area contributed by atoms with E-state index in [0.29, 0.717) is 17.3 Å². The Bertz CT molecular complexity index is 869. The summed E-state index contributed by atoms with van der Waals surface area (Å²) in [7, 11) is 0. The average molecular weight is 385 g/mol. The number of benzene rings is 2. The van der Waals surface area contributed by atoms with Gasteiger partial charge in [0.25, 0.3) is 0 Å². The third kappa shape index (κ3) is 4.33. The molecule has 1 unspecified atom stereocenters. The Morgan fingerprint density at radius 3 is 2.44 bits per heavy atom. The van der Waals surface area contributed by atoms with Crippen LogP contribution in [0.1, 0.15) is 38.3 Å². The molecule has 1 saturated heterocycles. The number of rotatable bonds is 3. The Balaban J connectivity index is 1.71. The van der Waals surface area contributed by atoms with Gasteiger partial charge in [0.05, 0.1) is 5.92 Å². The molecule has 142 valence electrons. The van der Waals surface area contributed by atoms with Crippen molar-refractivity contribution in [3.8, 4) is 0 Å². The Kier molecular flexibility index (Phi) is 5.29. The van der Waals surface area contributed by atoms with Crippen LogP contribution in [0.15, 0.2) is 42.5 Å². The largest absolute Gasteiger partial charge is 0.325 e. The molecule has 4 nitrogen and oxygen atoms in total. The van der Waals surface area contributed by atoms with E-state index in [-0.39, 0.29) is 29.6 Å². The molecule has 1 atom stereocenters. The third-order valence-electron chi connectivity index (χ3n) is 5.00. The number of amides is 2. The minimum Gasteiger partial charge on any atom is -0.325 e. The van der Waals surface area contributed by atoms with Gasteiger partial charge in [-0.1, -0.05) is 50.6 Å². The molecule has 0 saturated carbocycles. The second-order valence-electron chi connectivity index (χ2n) is 8.15. The number of hydrogen-bond acceptors (Lipinski definition) is 2. The number of anilines is 2. The molecule has 2 aromatic carbocycles. The number of halogens is 1. The van der Waals surface area contributed by atoms with Gasteiger partial charge in [-0.25, -0.2) is 0 Å². The Labute approximate surface area is 165 Å². The molecule has 2 aromatic rings. The smallest absolute Gasteiger partial charge is 0.229 e. The van der Waals surface area contributed by atoms with Gasteiger partial charge in [0.15, 0.2) is 0 Å². The minimum atomic E-state index is -0.377. The van der Waals surface area contributed by atoms with Crippen LogP contribution >= 0.6 is 11.6 Å². The minimum absolute atomic E-state index is 0.0264. The highest BCUT2D eigenvalue weighted by molar-refractivity contribution is 6.31. The highest BCUT2D eigenvalue weighted by Gasteiger charge is 2.35. The van der Waals surface area contributed by atoms with Crippen LogP contribution in [0, 0.1) is 12.8 Å². The van der Waals surface area contributed by atoms with Crippen molar-refractivity contribution in [3.05, 3.63) is 58.6 Å². The molecule has 3 rings (SSSR count). The van der Waals surface area contributed by atoms with E-state index in [1.165, 1.54) is 5.56 Å². The van der Waals surface area contributed by atoms with Crippen molar-refractivity contribution < 1.29 is 9.59 Å². The van der Waals surface area contributed by atoms with E-state index >= 15 is 0 Å². The van der Waals surface area contributed by atoms with Gasteiger partial charge in [-0.2, -0.15) is 0 Å². The van der Waals surface area contributed by atoms with Gasteiger partial charge >= 0.3 is 0 Å². The molecule has 1 aliphatic heterocycles. The molecule has 0 spiro atoms. The van der Waals surface area contributed by atoms with Gasteiger partial charge in [-0.15, -0.1) is 0 Å². The summed E-state index contributed by atoms with van der Waals surface area (Å²) < 4.78 is 0. The molecule has 5 heteroatoms. The SMILES string of the molecule is Cc1ccc(Cl)cc1NC(=O)C1CC(=O)N(c2ccc(C(C)(C)C)cc2)C1. The molecule has 1 aliphatic rings. The third-order valence-corrected chi connectivity index (χ3v) is 5.23. The van der Waals surface area contributed by atoms with Crippen molar-refractivity contribution >= 4 is 34.8 Å². The van der Waals surface area contributed by atoms with E-state index < -0.39 is 0 Å². The molecule has 27 heavy (non-hydrogen) atoms. The lowest BCUT2D eigenvalue weighted by molar-refractivity contribution is -0.122. The summed E-state index contributed by atoms with van der Waals surface area (Å²) in [6.07, 6.45) is 0.215. The van der Waals surface area contributed by atoms with Crippen LogP contribution in [0.4, 0.5) is 11.4 Å². The number of carbonyl (C=O) groups excluding carboxylic acids is 2. The van der Waals surface area contributed by atoms with Crippen LogP contribution in [-0.2, 0) is 15.0 Å². The Morgan fingerprint density at radius 1 is 1.15 bits per heavy atom. The molecule has 0 bridgehead atoms. The Morgan fingerprint density at radius 2 is 1.81 bits per heavy atom. The van der Waals surface area contributed by atoms with Crippen LogP contribution in [0.25, 0.3) is 0 Å². The zero-order chi connectivity index (χ0) is 19.8. The molecule has 1 fully saturated rings. The van der Waals surface area contributed by atoms with E-state index in [0.717, 1.165) is 11.3 Å². The van der Waals surface area contributed by atoms with Gasteiger partial charge in [-0.05, 0) is 47.7 Å². The summed E-state index contributed by atoms with van der Waals surface area (Å²) in [6, 6.07) is 13.4. The van der Waals surface area contributed by atoms with Crippen molar-refractivity contribution in [3.63, 3.8) is 0 Å². The predicted molar refractivity (Wildman–Crippen MR) is 110 cm³/mol. The maximum atomic E-state index is 12.7. The van der Waals surface area contributed by atoms with Crippen LogP contribution in [0.5, 0.6) is 0 Å². The van der Waals surface area contributed by atoms with Gasteiger partial charge in [0.2, 0.25) is 11.8 Å². The number of carbonyl (C=O) groups is 2. The van der Waals surface area contributed by atoms with E-state index in [1.54, 1.807) is 17.0 Å². The molecule has 1 heterocycles. The first kappa shape index (κ1) is 19.4. The average Bonchev–Trinajstić information content (AvgIpc) is 2.99. The standard InChI is InChI=1S/C22H25ClN2O2/c1-14-5-8-17(23)12-19(14)24-21(27)15-11-20(26)25(13-15)18-9-6-16(7-10-18)22(2,3)4/h5-10,12,15H,11,13H2,1-4H3,(H,24,27). The summed E-state index contributed by atoms with van der Waals surface area (Å²) in [5.74, 6) is -0.554. The summed E-state index contributed by atoms with van der Waals surface area (Å²) >= 11 is 6.02. The van der Waals surface area contributed by atoms with Gasteiger partial charge < -0.3 is 10.2 Å². The quantitative estimate of drug-likeness (QED) is 0.814. The zero-order valence-electron chi connectivity index (χ0n) is 16.2. The second kappa shape index (κ2) is 7.35. The first-order valence-electron chi connectivity index (χ1n) is 9.13. The summed E-state index contributed by atoms with van der Waals surface area (Å²) in [4.78, 5) is 26.8. The lowest BCUT2D eigenvalue weighted by Crippen LogP contribution is -2.28. The molecular weight excluding hydrogens is 360 g/mol. The molecule has 2 amide bonds. The van der Waals surface area contributed by atoms with E-state index in [1.807, 2.05) is 37.3 Å². The fourth-order valence-corrected chi connectivity index (χ4v) is 3.41. The number of hydrogen-bond donors (Lipinski definition) is 1. The maximum Gasteiger partial charge on any atom is 0.229 e. The fraction of sp³-hybridized carbons (Fsp3) is 0.364. The Hall–Kier alpha value is -2.33. The van der Waals surface area contributed by atoms with Gasteiger partial charge in [0.1, 0.15) is 0 Å².